The van der Waals surface area contributed by atoms with Crippen LogP contribution in [0.25, 0.3) is 0 Å². The molecule has 2 rings (SSSR count). The van der Waals surface area contributed by atoms with Crippen LogP contribution in [0, 0.1) is 0 Å². The van der Waals surface area contributed by atoms with Crippen molar-refractivity contribution in [2.24, 2.45) is 12.8 Å². The molecule has 1 fully saturated rings. The second-order valence-electron chi connectivity index (χ2n) is 4.76. The van der Waals surface area contributed by atoms with Crippen LogP contribution in [0.5, 0.6) is 0 Å². The van der Waals surface area contributed by atoms with Crippen LogP contribution in [0.4, 0.5) is 0 Å². The maximum Gasteiger partial charge on any atom is 0.0946 e. The molecule has 5 heteroatoms. The molecule has 1 aromatic rings. The zero-order valence-electron chi connectivity index (χ0n) is 10.7. The number of nitrogens with two attached hydrogens (primary N) is 1. The summed E-state index contributed by atoms with van der Waals surface area (Å²) in [5.41, 5.74) is 7.04. The molecular formula is C12H22N4O. The van der Waals surface area contributed by atoms with Gasteiger partial charge in [-0.05, 0) is 19.9 Å². The lowest BCUT2D eigenvalue weighted by Gasteiger charge is -2.29. The molecule has 0 aliphatic carbocycles. The monoisotopic (exact) mass is 238 g/mol. The van der Waals surface area contributed by atoms with Crippen LogP contribution in [0.2, 0.25) is 0 Å². The standard InChI is InChI=1S/C12H22N4O/c1-15(8-10-4-3-5-17-10)11(6-13)12-7-14-9-16(12)2/h7,9-11H,3-6,8,13H2,1-2H3. The first-order valence-corrected chi connectivity index (χ1v) is 6.20. The molecule has 1 aliphatic rings. The van der Waals surface area contributed by atoms with E-state index >= 15 is 0 Å². The number of imidazole rings is 1. The summed E-state index contributed by atoms with van der Waals surface area (Å²) in [5.74, 6) is 0. The van der Waals surface area contributed by atoms with Crippen LogP contribution in [-0.4, -0.2) is 47.3 Å². The highest BCUT2D eigenvalue weighted by Crippen LogP contribution is 2.20. The zero-order chi connectivity index (χ0) is 12.3. The molecule has 0 amide bonds. The van der Waals surface area contributed by atoms with Gasteiger partial charge >= 0.3 is 0 Å². The van der Waals surface area contributed by atoms with E-state index in [2.05, 4.69) is 16.9 Å². The Hall–Kier alpha value is -0.910. The molecule has 17 heavy (non-hydrogen) atoms. The maximum atomic E-state index is 5.88. The minimum Gasteiger partial charge on any atom is -0.377 e. The summed E-state index contributed by atoms with van der Waals surface area (Å²) in [6, 6.07) is 0.215. The lowest BCUT2D eigenvalue weighted by Crippen LogP contribution is -2.36. The summed E-state index contributed by atoms with van der Waals surface area (Å²) in [5, 5.41) is 0. The van der Waals surface area contributed by atoms with E-state index < -0.39 is 0 Å². The van der Waals surface area contributed by atoms with Crippen molar-refractivity contribution in [3.05, 3.63) is 18.2 Å². The first kappa shape index (κ1) is 12.5. The summed E-state index contributed by atoms with van der Waals surface area (Å²) in [6.45, 7) is 2.44. The van der Waals surface area contributed by atoms with Gasteiger partial charge in [0.05, 0.1) is 24.2 Å². The average molecular weight is 238 g/mol. The molecule has 0 aromatic carbocycles. The van der Waals surface area contributed by atoms with Crippen molar-refractivity contribution in [2.45, 2.75) is 25.0 Å². The molecule has 2 N–H and O–H groups in total. The van der Waals surface area contributed by atoms with Crippen LogP contribution in [0.3, 0.4) is 0 Å². The van der Waals surface area contributed by atoms with E-state index in [4.69, 9.17) is 10.5 Å². The fourth-order valence-electron chi connectivity index (χ4n) is 2.45. The Bertz CT molecular complexity index is 346. The van der Waals surface area contributed by atoms with Gasteiger partial charge in [-0.25, -0.2) is 4.98 Å². The Morgan fingerprint density at radius 3 is 3.06 bits per heavy atom. The van der Waals surface area contributed by atoms with E-state index in [0.717, 1.165) is 25.3 Å². The summed E-state index contributed by atoms with van der Waals surface area (Å²) >= 11 is 0. The van der Waals surface area contributed by atoms with Gasteiger partial charge in [0.2, 0.25) is 0 Å². The summed E-state index contributed by atoms with van der Waals surface area (Å²) < 4.78 is 7.69. The Kier molecular flexibility index (Phi) is 4.15. The van der Waals surface area contributed by atoms with Gasteiger partial charge in [-0.3, -0.25) is 4.90 Å². The number of aromatic nitrogens is 2. The van der Waals surface area contributed by atoms with Gasteiger partial charge in [-0.2, -0.15) is 0 Å². The van der Waals surface area contributed by atoms with Gasteiger partial charge in [-0.15, -0.1) is 0 Å². The molecule has 0 bridgehead atoms. The third kappa shape index (κ3) is 2.86. The average Bonchev–Trinajstić information content (AvgIpc) is 2.92. The normalized spacial score (nSPS) is 22.2. The van der Waals surface area contributed by atoms with Crippen molar-refractivity contribution in [1.29, 1.82) is 0 Å². The highest BCUT2D eigenvalue weighted by molar-refractivity contribution is 5.05. The number of rotatable bonds is 5. The van der Waals surface area contributed by atoms with Gasteiger partial charge in [0.1, 0.15) is 0 Å². The Labute approximate surface area is 103 Å². The van der Waals surface area contributed by atoms with E-state index in [1.54, 1.807) is 0 Å². The predicted molar refractivity (Wildman–Crippen MR) is 66.6 cm³/mol. The number of hydrogen-bond donors (Lipinski definition) is 1. The van der Waals surface area contributed by atoms with Crippen molar-refractivity contribution in [2.75, 3.05) is 26.7 Å². The molecule has 2 heterocycles. The van der Waals surface area contributed by atoms with E-state index in [0.29, 0.717) is 12.6 Å². The third-order valence-electron chi connectivity index (χ3n) is 3.47. The molecule has 0 spiro atoms. The fourth-order valence-corrected chi connectivity index (χ4v) is 2.45. The van der Waals surface area contributed by atoms with Gasteiger partial charge < -0.3 is 15.0 Å². The number of likely N-dealkylation sites (N-methyl/N-ethyl adjacent to an activating group) is 1. The minimum atomic E-state index is 0.215. The summed E-state index contributed by atoms with van der Waals surface area (Å²) in [7, 11) is 4.11. The second-order valence-corrected chi connectivity index (χ2v) is 4.76. The highest BCUT2D eigenvalue weighted by Gasteiger charge is 2.23. The SMILES string of the molecule is CN(CC1CCCO1)C(CN)c1cncn1C. The summed E-state index contributed by atoms with van der Waals surface area (Å²) in [6.07, 6.45) is 6.41. The largest absolute Gasteiger partial charge is 0.377 e. The fraction of sp³-hybridized carbons (Fsp3) is 0.750. The highest BCUT2D eigenvalue weighted by atomic mass is 16.5. The number of hydrogen-bond acceptors (Lipinski definition) is 4. The first-order valence-electron chi connectivity index (χ1n) is 6.20. The van der Waals surface area contributed by atoms with E-state index in [1.165, 1.54) is 6.42 Å². The van der Waals surface area contributed by atoms with Crippen molar-refractivity contribution in [3.8, 4) is 0 Å². The van der Waals surface area contributed by atoms with E-state index in [9.17, 15) is 0 Å². The lowest BCUT2D eigenvalue weighted by molar-refractivity contribution is 0.0679. The van der Waals surface area contributed by atoms with Crippen LogP contribution in [0.1, 0.15) is 24.6 Å². The lowest BCUT2D eigenvalue weighted by atomic mass is 10.1. The van der Waals surface area contributed by atoms with Crippen molar-refractivity contribution < 1.29 is 4.74 Å². The minimum absolute atomic E-state index is 0.215. The zero-order valence-corrected chi connectivity index (χ0v) is 10.7. The molecular weight excluding hydrogens is 216 g/mol. The molecule has 1 saturated heterocycles. The van der Waals surface area contributed by atoms with Crippen molar-refractivity contribution in [1.82, 2.24) is 14.5 Å². The number of ether oxygens (including phenoxy) is 1. The van der Waals surface area contributed by atoms with Gasteiger partial charge in [0, 0.05) is 32.9 Å². The molecule has 1 aromatic heterocycles. The molecule has 2 atom stereocenters. The molecule has 0 radical (unpaired) electrons. The quantitative estimate of drug-likeness (QED) is 0.813. The van der Waals surface area contributed by atoms with Crippen molar-refractivity contribution >= 4 is 0 Å². The Balaban J connectivity index is 1.99. The van der Waals surface area contributed by atoms with Gasteiger partial charge in [-0.1, -0.05) is 0 Å². The predicted octanol–water partition coefficient (Wildman–Crippen LogP) is 0.531. The Morgan fingerprint density at radius 1 is 1.71 bits per heavy atom. The first-order chi connectivity index (χ1) is 8.22. The molecule has 0 saturated carbocycles. The Morgan fingerprint density at radius 2 is 2.53 bits per heavy atom. The van der Waals surface area contributed by atoms with Crippen LogP contribution in [0.15, 0.2) is 12.5 Å². The third-order valence-corrected chi connectivity index (χ3v) is 3.47. The number of aryl methyl sites for hydroxylation is 1. The molecule has 2 unspecified atom stereocenters. The maximum absolute atomic E-state index is 5.88. The van der Waals surface area contributed by atoms with Crippen LogP contribution in [-0.2, 0) is 11.8 Å². The van der Waals surface area contributed by atoms with Gasteiger partial charge in [0.15, 0.2) is 0 Å². The van der Waals surface area contributed by atoms with Crippen LogP contribution < -0.4 is 5.73 Å². The van der Waals surface area contributed by atoms with E-state index in [-0.39, 0.29) is 6.04 Å². The van der Waals surface area contributed by atoms with Crippen LogP contribution >= 0.6 is 0 Å². The smallest absolute Gasteiger partial charge is 0.0946 e. The van der Waals surface area contributed by atoms with E-state index in [1.807, 2.05) is 24.1 Å². The van der Waals surface area contributed by atoms with Crippen molar-refractivity contribution in [3.63, 3.8) is 0 Å². The summed E-state index contributed by atoms with van der Waals surface area (Å²) in [4.78, 5) is 6.43. The topological polar surface area (TPSA) is 56.3 Å². The molecule has 96 valence electrons. The number of nitrogens with zero attached hydrogens (tertiary/aromatic N) is 3. The molecule has 1 aliphatic heterocycles. The van der Waals surface area contributed by atoms with Gasteiger partial charge in [0.25, 0.3) is 0 Å². The second kappa shape index (κ2) is 5.62. The molecule has 5 nitrogen and oxygen atoms in total.